The number of ether oxygens (including phenoxy) is 1. The van der Waals surface area contributed by atoms with Crippen LogP contribution in [0.1, 0.15) is 29.3 Å². The Morgan fingerprint density at radius 2 is 1.60 bits per heavy atom. The monoisotopic (exact) mass is 424 g/mol. The van der Waals surface area contributed by atoms with Gasteiger partial charge in [-0.05, 0) is 47.9 Å². The second-order valence-electron chi connectivity index (χ2n) is 7.67. The van der Waals surface area contributed by atoms with Crippen molar-refractivity contribution in [3.63, 3.8) is 0 Å². The van der Waals surface area contributed by atoms with Gasteiger partial charge in [-0.2, -0.15) is 0 Å². The number of hydrogen-bond donors (Lipinski definition) is 0. The Hall–Kier alpha value is -2.40. The van der Waals surface area contributed by atoms with E-state index in [1.165, 1.54) is 5.56 Å². The van der Waals surface area contributed by atoms with E-state index in [1.807, 2.05) is 48.5 Å². The van der Waals surface area contributed by atoms with Crippen molar-refractivity contribution >= 4 is 11.6 Å². The number of hydrogen-bond acceptors (Lipinski definition) is 3. The van der Waals surface area contributed by atoms with Crippen LogP contribution in [0.2, 0.25) is 5.02 Å². The molecule has 0 bridgehead atoms. The molecule has 0 spiro atoms. The third-order valence-electron chi connectivity index (χ3n) is 5.58. The predicted molar refractivity (Wildman–Crippen MR) is 119 cm³/mol. The first-order valence-corrected chi connectivity index (χ1v) is 10.6. The van der Waals surface area contributed by atoms with Crippen LogP contribution in [-0.2, 0) is 13.1 Å². The Kier molecular flexibility index (Phi) is 6.68. The SMILES string of the molecule is COc1cccc(CN2CCCN(Cc3ccc(Cl)cc3)[C@H]2c2ccccc2F)c1. The Bertz CT molecular complexity index is 979. The summed E-state index contributed by atoms with van der Waals surface area (Å²) in [5.74, 6) is 0.672. The summed E-state index contributed by atoms with van der Waals surface area (Å²) in [6.45, 7) is 3.29. The van der Waals surface area contributed by atoms with Crippen molar-refractivity contribution in [2.75, 3.05) is 20.2 Å². The van der Waals surface area contributed by atoms with Crippen LogP contribution in [-0.4, -0.2) is 30.0 Å². The lowest BCUT2D eigenvalue weighted by Crippen LogP contribution is -2.47. The molecule has 0 unspecified atom stereocenters. The maximum atomic E-state index is 14.9. The predicted octanol–water partition coefficient (Wildman–Crippen LogP) is 5.89. The third-order valence-corrected chi connectivity index (χ3v) is 5.84. The van der Waals surface area contributed by atoms with E-state index >= 15 is 0 Å². The molecule has 5 heteroatoms. The second kappa shape index (κ2) is 9.61. The van der Waals surface area contributed by atoms with Crippen LogP contribution in [0.25, 0.3) is 0 Å². The van der Waals surface area contributed by atoms with Crippen molar-refractivity contribution in [3.8, 4) is 5.75 Å². The first kappa shape index (κ1) is 20.9. The molecule has 3 aromatic carbocycles. The molecule has 1 aliphatic heterocycles. The lowest BCUT2D eigenvalue weighted by Gasteiger charge is -2.44. The Balaban J connectivity index is 1.65. The quantitative estimate of drug-likeness (QED) is 0.490. The van der Waals surface area contributed by atoms with Gasteiger partial charge >= 0.3 is 0 Å². The van der Waals surface area contributed by atoms with Crippen LogP contribution >= 0.6 is 11.6 Å². The molecule has 0 aromatic heterocycles. The minimum absolute atomic E-state index is 0.137. The van der Waals surface area contributed by atoms with Gasteiger partial charge in [0.05, 0.1) is 13.3 Å². The van der Waals surface area contributed by atoms with Crippen LogP contribution < -0.4 is 4.74 Å². The van der Waals surface area contributed by atoms with Gasteiger partial charge in [-0.25, -0.2) is 4.39 Å². The van der Waals surface area contributed by atoms with E-state index in [4.69, 9.17) is 16.3 Å². The highest BCUT2D eigenvalue weighted by atomic mass is 35.5. The Morgan fingerprint density at radius 1 is 0.900 bits per heavy atom. The molecule has 1 saturated heterocycles. The zero-order valence-corrected chi connectivity index (χ0v) is 17.9. The fourth-order valence-electron chi connectivity index (χ4n) is 4.19. The molecule has 30 heavy (non-hydrogen) atoms. The summed E-state index contributed by atoms with van der Waals surface area (Å²) in [5.41, 5.74) is 3.04. The number of rotatable bonds is 6. The summed E-state index contributed by atoms with van der Waals surface area (Å²) in [6, 6.07) is 23.1. The van der Waals surface area contributed by atoms with Crippen molar-refractivity contribution < 1.29 is 9.13 Å². The van der Waals surface area contributed by atoms with Crippen molar-refractivity contribution in [3.05, 3.63) is 100 Å². The maximum Gasteiger partial charge on any atom is 0.129 e. The van der Waals surface area contributed by atoms with Crippen LogP contribution in [0.4, 0.5) is 4.39 Å². The van der Waals surface area contributed by atoms with Gasteiger partial charge in [0.15, 0.2) is 0 Å². The van der Waals surface area contributed by atoms with E-state index in [9.17, 15) is 4.39 Å². The third kappa shape index (κ3) is 4.84. The van der Waals surface area contributed by atoms with Crippen LogP contribution in [0.3, 0.4) is 0 Å². The Morgan fingerprint density at radius 3 is 2.30 bits per heavy atom. The van der Waals surface area contributed by atoms with Crippen molar-refractivity contribution in [2.45, 2.75) is 25.7 Å². The summed E-state index contributed by atoms with van der Waals surface area (Å²) in [6.07, 6.45) is 0.893. The van der Waals surface area contributed by atoms with Gasteiger partial charge in [-0.3, -0.25) is 9.80 Å². The fourth-order valence-corrected chi connectivity index (χ4v) is 4.32. The average Bonchev–Trinajstić information content (AvgIpc) is 2.76. The summed E-state index contributed by atoms with van der Waals surface area (Å²) in [7, 11) is 1.68. The largest absolute Gasteiger partial charge is 0.497 e. The second-order valence-corrected chi connectivity index (χ2v) is 8.10. The zero-order valence-electron chi connectivity index (χ0n) is 17.1. The molecule has 1 atom stereocenters. The number of halogens is 2. The van der Waals surface area contributed by atoms with Gasteiger partial charge < -0.3 is 4.74 Å². The smallest absolute Gasteiger partial charge is 0.129 e. The molecule has 4 rings (SSSR count). The van der Waals surface area contributed by atoms with E-state index in [1.54, 1.807) is 19.2 Å². The van der Waals surface area contributed by atoms with Gasteiger partial charge in [0.1, 0.15) is 11.6 Å². The van der Waals surface area contributed by atoms with E-state index < -0.39 is 0 Å². The van der Waals surface area contributed by atoms with Gasteiger partial charge in [-0.1, -0.05) is 54.1 Å². The molecule has 1 heterocycles. The lowest BCUT2D eigenvalue weighted by atomic mass is 10.0. The molecular weight excluding hydrogens is 399 g/mol. The molecule has 0 aliphatic carbocycles. The molecule has 0 N–H and O–H groups in total. The summed E-state index contributed by atoms with van der Waals surface area (Å²) < 4.78 is 20.3. The number of methoxy groups -OCH3 is 1. The molecular formula is C25H26ClFN2O. The van der Waals surface area contributed by atoms with Crippen molar-refractivity contribution in [2.24, 2.45) is 0 Å². The van der Waals surface area contributed by atoms with Crippen LogP contribution in [0, 0.1) is 5.82 Å². The van der Waals surface area contributed by atoms with Gasteiger partial charge in [-0.15, -0.1) is 0 Å². The molecule has 0 saturated carbocycles. The minimum Gasteiger partial charge on any atom is -0.497 e. The standard InChI is InChI=1S/C25H26ClFN2O/c1-30-22-7-4-6-20(16-22)18-29-15-5-14-28(17-19-10-12-21(26)13-11-19)25(29)23-8-2-3-9-24(23)27/h2-4,6-13,16,25H,5,14-15,17-18H2,1H3/t25-/m1/s1. The Labute approximate surface area is 182 Å². The minimum atomic E-state index is -0.166. The van der Waals surface area contributed by atoms with E-state index in [0.717, 1.165) is 48.9 Å². The molecule has 0 amide bonds. The van der Waals surface area contributed by atoms with Gasteiger partial charge in [0, 0.05) is 36.8 Å². The molecule has 3 nitrogen and oxygen atoms in total. The lowest BCUT2D eigenvalue weighted by molar-refractivity contribution is -0.0111. The zero-order chi connectivity index (χ0) is 20.9. The average molecular weight is 425 g/mol. The summed E-state index contributed by atoms with van der Waals surface area (Å²) in [4.78, 5) is 4.71. The first-order valence-electron chi connectivity index (χ1n) is 10.2. The number of nitrogens with zero attached hydrogens (tertiary/aromatic N) is 2. The maximum absolute atomic E-state index is 14.9. The van der Waals surface area contributed by atoms with E-state index in [2.05, 4.69) is 21.9 Å². The highest BCUT2D eigenvalue weighted by Gasteiger charge is 2.32. The van der Waals surface area contributed by atoms with E-state index in [-0.39, 0.29) is 12.0 Å². The van der Waals surface area contributed by atoms with Gasteiger partial charge in [0.25, 0.3) is 0 Å². The summed E-state index contributed by atoms with van der Waals surface area (Å²) >= 11 is 6.06. The van der Waals surface area contributed by atoms with Crippen LogP contribution in [0.15, 0.2) is 72.8 Å². The normalized spacial score (nSPS) is 17.8. The summed E-state index contributed by atoms with van der Waals surface area (Å²) in [5, 5.41) is 0.725. The molecule has 1 aliphatic rings. The highest BCUT2D eigenvalue weighted by Crippen LogP contribution is 2.33. The van der Waals surface area contributed by atoms with Gasteiger partial charge in [0.2, 0.25) is 0 Å². The topological polar surface area (TPSA) is 15.7 Å². The van der Waals surface area contributed by atoms with Crippen LogP contribution in [0.5, 0.6) is 5.75 Å². The van der Waals surface area contributed by atoms with Crippen molar-refractivity contribution in [1.29, 1.82) is 0 Å². The molecule has 1 fully saturated rings. The first-order chi connectivity index (χ1) is 14.6. The van der Waals surface area contributed by atoms with Crippen molar-refractivity contribution in [1.82, 2.24) is 9.80 Å². The highest BCUT2D eigenvalue weighted by molar-refractivity contribution is 6.30. The number of benzene rings is 3. The fraction of sp³-hybridized carbons (Fsp3) is 0.280. The molecule has 0 radical (unpaired) electrons. The van der Waals surface area contributed by atoms with E-state index in [0.29, 0.717) is 5.56 Å². The molecule has 3 aromatic rings. The molecule has 156 valence electrons.